The van der Waals surface area contributed by atoms with E-state index in [1.54, 1.807) is 12.1 Å². The molecule has 0 aliphatic heterocycles. The fourth-order valence-corrected chi connectivity index (χ4v) is 2.48. The zero-order chi connectivity index (χ0) is 14.4. The molecule has 2 unspecified atom stereocenters. The van der Waals surface area contributed by atoms with Gasteiger partial charge in [0.1, 0.15) is 5.75 Å². The molecule has 19 heavy (non-hydrogen) atoms. The standard InChI is InChI=1S/C14H20Cl2O3/c1-3-4-19-14-12(6-10(15)7-13(14)16)9(2)5-11(18)8-17/h6-7,9,11,17-18H,3-5,8H2,1-2H3. The lowest BCUT2D eigenvalue weighted by Crippen LogP contribution is -2.15. The Labute approximate surface area is 124 Å². The molecule has 1 aromatic rings. The van der Waals surface area contributed by atoms with Gasteiger partial charge < -0.3 is 14.9 Å². The molecule has 2 atom stereocenters. The fraction of sp³-hybridized carbons (Fsp3) is 0.571. The summed E-state index contributed by atoms with van der Waals surface area (Å²) in [6.45, 7) is 4.27. The molecule has 0 aliphatic rings. The average molecular weight is 307 g/mol. The van der Waals surface area contributed by atoms with E-state index in [1.165, 1.54) is 0 Å². The molecule has 0 spiro atoms. The van der Waals surface area contributed by atoms with Crippen molar-refractivity contribution in [2.75, 3.05) is 13.2 Å². The van der Waals surface area contributed by atoms with E-state index >= 15 is 0 Å². The highest BCUT2D eigenvalue weighted by atomic mass is 35.5. The van der Waals surface area contributed by atoms with Crippen LogP contribution in [0.2, 0.25) is 10.0 Å². The van der Waals surface area contributed by atoms with Crippen LogP contribution in [-0.2, 0) is 0 Å². The van der Waals surface area contributed by atoms with Gasteiger partial charge in [-0.3, -0.25) is 0 Å². The molecule has 0 saturated heterocycles. The summed E-state index contributed by atoms with van der Waals surface area (Å²) >= 11 is 12.2. The Kier molecular flexibility index (Phi) is 6.94. The molecule has 1 aromatic carbocycles. The lowest BCUT2D eigenvalue weighted by Gasteiger charge is -2.20. The fourth-order valence-electron chi connectivity index (χ4n) is 1.91. The van der Waals surface area contributed by atoms with Crippen molar-refractivity contribution < 1.29 is 14.9 Å². The van der Waals surface area contributed by atoms with Gasteiger partial charge in [-0.25, -0.2) is 0 Å². The van der Waals surface area contributed by atoms with E-state index in [0.29, 0.717) is 28.8 Å². The Balaban J connectivity index is 3.01. The van der Waals surface area contributed by atoms with Crippen LogP contribution in [0.5, 0.6) is 5.75 Å². The Hall–Kier alpha value is -0.480. The van der Waals surface area contributed by atoms with E-state index in [2.05, 4.69) is 0 Å². The van der Waals surface area contributed by atoms with Crippen molar-refractivity contribution in [1.29, 1.82) is 0 Å². The van der Waals surface area contributed by atoms with Crippen molar-refractivity contribution in [1.82, 2.24) is 0 Å². The molecule has 2 N–H and O–H groups in total. The van der Waals surface area contributed by atoms with Crippen LogP contribution in [0.25, 0.3) is 0 Å². The summed E-state index contributed by atoms with van der Waals surface area (Å²) in [6, 6.07) is 3.44. The maximum Gasteiger partial charge on any atom is 0.141 e. The van der Waals surface area contributed by atoms with E-state index in [4.69, 9.17) is 33.0 Å². The number of hydrogen-bond donors (Lipinski definition) is 2. The van der Waals surface area contributed by atoms with Gasteiger partial charge in [0.2, 0.25) is 0 Å². The van der Waals surface area contributed by atoms with Crippen LogP contribution in [0, 0.1) is 0 Å². The van der Waals surface area contributed by atoms with Crippen LogP contribution in [0.4, 0.5) is 0 Å². The lowest BCUT2D eigenvalue weighted by molar-refractivity contribution is 0.0832. The third-order valence-electron chi connectivity index (χ3n) is 2.85. The Bertz CT molecular complexity index is 410. The molecule has 108 valence electrons. The van der Waals surface area contributed by atoms with Crippen LogP contribution in [0.15, 0.2) is 12.1 Å². The second-order valence-corrected chi connectivity index (χ2v) is 5.47. The van der Waals surface area contributed by atoms with Crippen LogP contribution in [0.3, 0.4) is 0 Å². The highest BCUT2D eigenvalue weighted by Gasteiger charge is 2.19. The quantitative estimate of drug-likeness (QED) is 0.809. The van der Waals surface area contributed by atoms with E-state index in [-0.39, 0.29) is 12.5 Å². The second-order valence-electron chi connectivity index (χ2n) is 4.63. The van der Waals surface area contributed by atoms with Gasteiger partial charge in [-0.05, 0) is 30.9 Å². The molecule has 0 bridgehead atoms. The summed E-state index contributed by atoms with van der Waals surface area (Å²) in [5.74, 6) is 0.607. The summed E-state index contributed by atoms with van der Waals surface area (Å²) in [5.41, 5.74) is 0.860. The maximum absolute atomic E-state index is 9.54. The first-order valence-corrected chi connectivity index (χ1v) is 7.15. The SMILES string of the molecule is CCCOc1c(Cl)cc(Cl)cc1C(C)CC(O)CO. The minimum atomic E-state index is -0.758. The molecule has 0 aromatic heterocycles. The first-order chi connectivity index (χ1) is 8.99. The van der Waals surface area contributed by atoms with Gasteiger partial charge in [-0.2, -0.15) is 0 Å². The summed E-state index contributed by atoms with van der Waals surface area (Å²) < 4.78 is 5.67. The van der Waals surface area contributed by atoms with Crippen molar-refractivity contribution in [2.45, 2.75) is 38.7 Å². The largest absolute Gasteiger partial charge is 0.492 e. The molecule has 1 rings (SSSR count). The van der Waals surface area contributed by atoms with Gasteiger partial charge in [-0.1, -0.05) is 37.0 Å². The number of benzene rings is 1. The molecule has 5 heteroatoms. The van der Waals surface area contributed by atoms with Crippen LogP contribution < -0.4 is 4.74 Å². The monoisotopic (exact) mass is 306 g/mol. The Morgan fingerprint density at radius 2 is 2.00 bits per heavy atom. The molecular formula is C14H20Cl2O3. The number of rotatable bonds is 7. The predicted molar refractivity (Wildman–Crippen MR) is 78.4 cm³/mol. The summed E-state index contributed by atoms with van der Waals surface area (Å²) in [5, 5.41) is 19.5. The highest BCUT2D eigenvalue weighted by Crippen LogP contribution is 2.38. The summed E-state index contributed by atoms with van der Waals surface area (Å²) in [7, 11) is 0. The minimum absolute atomic E-state index is 0.00907. The minimum Gasteiger partial charge on any atom is -0.492 e. The van der Waals surface area contributed by atoms with Gasteiger partial charge in [0.05, 0.1) is 24.3 Å². The smallest absolute Gasteiger partial charge is 0.141 e. The van der Waals surface area contributed by atoms with Crippen molar-refractivity contribution in [3.63, 3.8) is 0 Å². The summed E-state index contributed by atoms with van der Waals surface area (Å²) in [4.78, 5) is 0. The first kappa shape index (κ1) is 16.6. The van der Waals surface area contributed by atoms with E-state index in [9.17, 15) is 5.11 Å². The second kappa shape index (κ2) is 7.95. The maximum atomic E-state index is 9.54. The normalized spacial score (nSPS) is 14.2. The van der Waals surface area contributed by atoms with Crippen LogP contribution in [0.1, 0.15) is 38.2 Å². The van der Waals surface area contributed by atoms with Gasteiger partial charge >= 0.3 is 0 Å². The number of aliphatic hydroxyl groups excluding tert-OH is 2. The lowest BCUT2D eigenvalue weighted by atomic mass is 9.94. The molecule has 0 fully saturated rings. The molecule has 0 saturated carbocycles. The van der Waals surface area contributed by atoms with Gasteiger partial charge in [0.15, 0.2) is 0 Å². The average Bonchev–Trinajstić information content (AvgIpc) is 2.36. The van der Waals surface area contributed by atoms with Gasteiger partial charge in [-0.15, -0.1) is 0 Å². The predicted octanol–water partition coefficient (Wildman–Crippen LogP) is 3.63. The van der Waals surface area contributed by atoms with Crippen molar-refractivity contribution >= 4 is 23.2 Å². The number of halogens is 2. The van der Waals surface area contributed by atoms with E-state index < -0.39 is 6.10 Å². The number of hydrogen-bond acceptors (Lipinski definition) is 3. The first-order valence-electron chi connectivity index (χ1n) is 6.40. The van der Waals surface area contributed by atoms with E-state index in [1.807, 2.05) is 13.8 Å². The number of ether oxygens (including phenoxy) is 1. The number of aliphatic hydroxyl groups is 2. The van der Waals surface area contributed by atoms with Crippen molar-refractivity contribution in [3.05, 3.63) is 27.7 Å². The molecule has 0 heterocycles. The van der Waals surface area contributed by atoms with Crippen LogP contribution >= 0.6 is 23.2 Å². The van der Waals surface area contributed by atoms with Crippen LogP contribution in [-0.4, -0.2) is 29.5 Å². The molecular weight excluding hydrogens is 287 g/mol. The molecule has 0 radical (unpaired) electrons. The Morgan fingerprint density at radius 1 is 1.32 bits per heavy atom. The van der Waals surface area contributed by atoms with Crippen molar-refractivity contribution in [3.8, 4) is 5.75 Å². The molecule has 0 amide bonds. The van der Waals surface area contributed by atoms with Crippen molar-refractivity contribution in [2.24, 2.45) is 0 Å². The molecule has 0 aliphatic carbocycles. The van der Waals surface area contributed by atoms with Gasteiger partial charge in [0.25, 0.3) is 0 Å². The molecule has 3 nitrogen and oxygen atoms in total. The van der Waals surface area contributed by atoms with E-state index in [0.717, 1.165) is 12.0 Å². The third-order valence-corrected chi connectivity index (χ3v) is 3.35. The highest BCUT2D eigenvalue weighted by molar-refractivity contribution is 6.35. The zero-order valence-electron chi connectivity index (χ0n) is 11.2. The third kappa shape index (κ3) is 4.84. The summed E-state index contributed by atoms with van der Waals surface area (Å²) in [6.07, 6.45) is 0.550. The zero-order valence-corrected chi connectivity index (χ0v) is 12.7. The van der Waals surface area contributed by atoms with Gasteiger partial charge in [0, 0.05) is 10.6 Å². The topological polar surface area (TPSA) is 49.7 Å². The Morgan fingerprint density at radius 3 is 2.58 bits per heavy atom.